The normalized spacial score (nSPS) is 8.67. The molecule has 20 heteroatoms. The van der Waals surface area contributed by atoms with Gasteiger partial charge < -0.3 is 9.11 Å². The summed E-state index contributed by atoms with van der Waals surface area (Å²) in [5.41, 5.74) is -11.3. The van der Waals surface area contributed by atoms with Gasteiger partial charge in [-0.05, 0) is 0 Å². The van der Waals surface area contributed by atoms with E-state index >= 15 is 0 Å². The smallest absolute Gasteiger partial charge is 2.00 e. The molecule has 0 aromatic heterocycles. The van der Waals surface area contributed by atoms with Crippen LogP contribution in [0, 0.1) is 33.3 Å². The van der Waals surface area contributed by atoms with Crippen LogP contribution in [0.25, 0.3) is 0 Å². The quantitative estimate of drug-likeness (QED) is 0.103. The van der Waals surface area contributed by atoms with E-state index in [9.17, 15) is 26.3 Å². The minimum atomic E-state index is -6.09. The summed E-state index contributed by atoms with van der Waals surface area (Å²) in [6, 6.07) is 0. The van der Waals surface area contributed by atoms with Gasteiger partial charge in [0.05, 0.1) is 0 Å². The first kappa shape index (κ1) is 50.1. The molecule has 0 aliphatic carbocycles. The molecule has 0 heterocycles. The maximum atomic E-state index is 10.7. The summed E-state index contributed by atoms with van der Waals surface area (Å²) >= 11 is 0. The Labute approximate surface area is 161 Å². The monoisotopic (exact) mass is 536 g/mol. The fraction of sp³-hybridized carbons (Fsp3) is 0.286. The minimum Gasteiger partial charge on any atom is 2.00 e. The standard InChI is InChI=1S/2CHF3O3S.5CO.Mo/c2*2-1(3,4)8(5,6)7;5*1-2;/h2*(H,5,6,7);;;;;;/q;;;;;;;+2/p-2. The number of halogens is 6. The van der Waals surface area contributed by atoms with Crippen LogP contribution in [0.1, 0.15) is 0 Å². The van der Waals surface area contributed by atoms with Gasteiger partial charge in [0.15, 0.2) is 20.2 Å². The fourth-order valence-corrected chi connectivity index (χ4v) is 0. The molecule has 0 radical (unpaired) electrons. The average molecular weight is 534 g/mol. The molecular weight excluding hydrogens is 534 g/mol. The molecule has 0 bridgehead atoms. The topological polar surface area (TPSA) is 214 Å². The third-order valence-corrected chi connectivity index (χ3v) is 1.70. The Morgan fingerprint density at radius 1 is 0.519 bits per heavy atom. The first-order valence-electron chi connectivity index (χ1n) is 3.56. The van der Waals surface area contributed by atoms with Crippen molar-refractivity contribution in [3.05, 3.63) is 33.3 Å². The third-order valence-electron chi connectivity index (χ3n) is 0.567. The zero-order chi connectivity index (χ0) is 24.0. The molecule has 0 amide bonds. The molecule has 0 N–H and O–H groups in total. The largest absolute Gasteiger partial charge is 2.00 e. The van der Waals surface area contributed by atoms with E-state index in [1.54, 1.807) is 0 Å². The van der Waals surface area contributed by atoms with Crippen LogP contribution in [0.15, 0.2) is 0 Å². The fourth-order valence-electron chi connectivity index (χ4n) is 0. The van der Waals surface area contributed by atoms with Crippen LogP contribution < -0.4 is 0 Å². The van der Waals surface area contributed by atoms with Crippen molar-refractivity contribution < 1.29 is 96.6 Å². The summed E-state index contributed by atoms with van der Waals surface area (Å²) in [7, 11) is -12.2. The summed E-state index contributed by atoms with van der Waals surface area (Å²) in [5, 5.41) is 0. The van der Waals surface area contributed by atoms with Crippen molar-refractivity contribution in [3.8, 4) is 0 Å². The van der Waals surface area contributed by atoms with Gasteiger partial charge in [-0.3, -0.25) is 0 Å². The number of alkyl halides is 6. The molecule has 27 heavy (non-hydrogen) atoms. The van der Waals surface area contributed by atoms with E-state index in [1.165, 1.54) is 0 Å². The van der Waals surface area contributed by atoms with Crippen LogP contribution in [0.3, 0.4) is 0 Å². The first-order valence-corrected chi connectivity index (χ1v) is 6.38. The molecule has 0 rings (SSSR count). The van der Waals surface area contributed by atoms with Crippen LogP contribution >= 0.6 is 0 Å². The Hall–Kier alpha value is -1.21. The second kappa shape index (κ2) is 27.0. The zero-order valence-electron chi connectivity index (χ0n) is 11.5. The molecule has 0 fully saturated rings. The predicted molar refractivity (Wildman–Crippen MR) is 51.2 cm³/mol. The van der Waals surface area contributed by atoms with Gasteiger partial charge in [-0.25, -0.2) is 16.8 Å². The maximum absolute atomic E-state index is 10.7. The van der Waals surface area contributed by atoms with E-state index in [-0.39, 0.29) is 21.1 Å². The average Bonchev–Trinajstić information content (AvgIpc) is 2.54. The van der Waals surface area contributed by atoms with Gasteiger partial charge in [0.1, 0.15) is 0 Å². The summed E-state index contributed by atoms with van der Waals surface area (Å²) in [6.07, 6.45) is 0. The molecule has 0 spiro atoms. The van der Waals surface area contributed by atoms with E-state index in [1.807, 2.05) is 0 Å². The van der Waals surface area contributed by atoms with E-state index < -0.39 is 31.3 Å². The summed E-state index contributed by atoms with van der Waals surface area (Å²) in [4.78, 5) is 0. The van der Waals surface area contributed by atoms with Gasteiger partial charge in [-0.1, -0.05) is 0 Å². The SMILES string of the molecule is O=S(=O)([O-])C(F)(F)F.O=S(=O)([O-])C(F)(F)F.[C-]#[O+].[C-]#[O+].[C-]#[O+].[C-]#[O+].[C-]#[O+].[Mo+2]. The molecule has 0 aliphatic heterocycles. The minimum absolute atomic E-state index is 0. The van der Waals surface area contributed by atoms with E-state index in [0.29, 0.717) is 0 Å². The predicted octanol–water partition coefficient (Wildman–Crippen LogP) is -0.0872. The van der Waals surface area contributed by atoms with Gasteiger partial charge in [-0.2, -0.15) is 26.3 Å². The third kappa shape index (κ3) is 45.7. The van der Waals surface area contributed by atoms with Crippen molar-refractivity contribution in [2.45, 2.75) is 11.0 Å². The van der Waals surface area contributed by atoms with Crippen molar-refractivity contribution in [2.24, 2.45) is 0 Å². The van der Waals surface area contributed by atoms with Crippen LogP contribution in [-0.4, -0.2) is 37.0 Å². The molecule has 0 aromatic rings. The molecule has 0 unspecified atom stereocenters. The van der Waals surface area contributed by atoms with Gasteiger partial charge in [0, 0.05) is 0 Å². The molecule has 0 aromatic carbocycles. The summed E-state index contributed by atoms with van der Waals surface area (Å²) < 4.78 is 155. The Morgan fingerprint density at radius 3 is 0.556 bits per heavy atom. The Kier molecular flexibility index (Phi) is 50.1. The molecule has 154 valence electrons. The maximum Gasteiger partial charge on any atom is 2.00 e. The van der Waals surface area contributed by atoms with Crippen LogP contribution in [0.4, 0.5) is 26.3 Å². The Balaban J connectivity index is -0.0000000297. The van der Waals surface area contributed by atoms with Crippen molar-refractivity contribution in [3.63, 3.8) is 0 Å². The number of hydrogen-bond acceptors (Lipinski definition) is 6. The molecule has 0 saturated carbocycles. The van der Waals surface area contributed by atoms with E-state index in [0.717, 1.165) is 0 Å². The van der Waals surface area contributed by atoms with Gasteiger partial charge in [0.25, 0.3) is 0 Å². The van der Waals surface area contributed by atoms with Gasteiger partial charge >= 0.3 is 88.6 Å². The van der Waals surface area contributed by atoms with Crippen molar-refractivity contribution >= 4 is 20.2 Å². The van der Waals surface area contributed by atoms with Gasteiger partial charge in [0.2, 0.25) is 0 Å². The Bertz CT molecular complexity index is 546. The number of rotatable bonds is 0. The Morgan fingerprint density at radius 2 is 0.556 bits per heavy atom. The molecular formula is C7F6MoO11S2. The molecule has 0 saturated heterocycles. The van der Waals surface area contributed by atoms with Crippen molar-refractivity contribution in [1.29, 1.82) is 0 Å². The van der Waals surface area contributed by atoms with Crippen molar-refractivity contribution in [1.82, 2.24) is 0 Å². The van der Waals surface area contributed by atoms with Crippen LogP contribution in [0.5, 0.6) is 0 Å². The van der Waals surface area contributed by atoms with E-state index in [4.69, 9.17) is 49.2 Å². The van der Waals surface area contributed by atoms with Gasteiger partial charge in [-0.15, -0.1) is 0 Å². The second-order valence-electron chi connectivity index (χ2n) is 1.80. The van der Waals surface area contributed by atoms with Crippen molar-refractivity contribution in [2.75, 3.05) is 0 Å². The zero-order valence-corrected chi connectivity index (χ0v) is 15.1. The molecule has 0 aliphatic rings. The van der Waals surface area contributed by atoms with Crippen LogP contribution in [-0.2, 0) is 64.6 Å². The van der Waals surface area contributed by atoms with Crippen LogP contribution in [0.2, 0.25) is 0 Å². The molecule has 0 atom stereocenters. The number of hydrogen-bond donors (Lipinski definition) is 0. The first-order chi connectivity index (χ1) is 11.5. The van der Waals surface area contributed by atoms with E-state index in [2.05, 4.69) is 33.3 Å². The summed E-state index contributed by atoms with van der Waals surface area (Å²) in [6.45, 7) is 22.5. The molecule has 11 nitrogen and oxygen atoms in total. The summed E-state index contributed by atoms with van der Waals surface area (Å²) in [5.74, 6) is 0. The second-order valence-corrected chi connectivity index (χ2v) is 4.54.